The normalized spacial score (nSPS) is 41.5. The van der Waals surface area contributed by atoms with Gasteiger partial charge in [0.2, 0.25) is 0 Å². The smallest absolute Gasteiger partial charge is 0.134 e. The number of ether oxygens (including phenoxy) is 1. The lowest BCUT2D eigenvalue weighted by atomic mass is 9.99. The molecule has 3 N–H and O–H groups in total. The standard InChI is InChI=1S/C11H19NO4S/c1-5(2)3-7-12-8-10(15)9(14)6(4-13)16-11(8)17-7/h5-6,8-11,13-15H,3-4H2,1-2H3/t6-,8-,9-,10-,11-/m1/s1. The van der Waals surface area contributed by atoms with Gasteiger partial charge in [-0.15, -0.1) is 0 Å². The van der Waals surface area contributed by atoms with E-state index in [0.29, 0.717) is 5.92 Å². The third kappa shape index (κ3) is 2.66. The van der Waals surface area contributed by atoms with Gasteiger partial charge in [0.15, 0.2) is 0 Å². The van der Waals surface area contributed by atoms with Crippen LogP contribution in [0.15, 0.2) is 4.99 Å². The van der Waals surface area contributed by atoms with Gasteiger partial charge in [0, 0.05) is 0 Å². The minimum Gasteiger partial charge on any atom is -0.394 e. The van der Waals surface area contributed by atoms with Crippen LogP contribution in [0.4, 0.5) is 0 Å². The van der Waals surface area contributed by atoms with E-state index < -0.39 is 24.4 Å². The Hall–Kier alpha value is -0.140. The summed E-state index contributed by atoms with van der Waals surface area (Å²) in [7, 11) is 0. The van der Waals surface area contributed by atoms with Gasteiger partial charge in [-0.05, 0) is 12.3 Å². The Morgan fingerprint density at radius 1 is 1.35 bits per heavy atom. The van der Waals surface area contributed by atoms with Crippen LogP contribution in [0.2, 0.25) is 0 Å². The molecular formula is C11H19NO4S. The summed E-state index contributed by atoms with van der Waals surface area (Å²) in [6, 6.07) is -0.411. The van der Waals surface area contributed by atoms with Crippen molar-refractivity contribution < 1.29 is 20.1 Å². The number of rotatable bonds is 3. The minimum absolute atomic E-state index is 0.278. The SMILES string of the molecule is CC(C)CC1=N[C@@H]2[C@@H](O)[C@H](O)[C@@H](CO)O[C@@H]2S1. The van der Waals surface area contributed by atoms with E-state index in [2.05, 4.69) is 18.8 Å². The molecule has 2 aliphatic heterocycles. The first-order valence-corrected chi connectivity index (χ1v) is 6.76. The Kier molecular flexibility index (Phi) is 4.10. The second-order valence-corrected chi connectivity index (χ2v) is 6.11. The van der Waals surface area contributed by atoms with Gasteiger partial charge in [0.25, 0.3) is 0 Å². The second-order valence-electron chi connectivity index (χ2n) is 4.94. The summed E-state index contributed by atoms with van der Waals surface area (Å²) >= 11 is 1.49. The second kappa shape index (κ2) is 5.24. The summed E-state index contributed by atoms with van der Waals surface area (Å²) in [6.45, 7) is 3.92. The van der Waals surface area contributed by atoms with E-state index >= 15 is 0 Å². The molecule has 0 saturated carbocycles. The van der Waals surface area contributed by atoms with Gasteiger partial charge < -0.3 is 20.1 Å². The molecule has 98 valence electrons. The van der Waals surface area contributed by atoms with Gasteiger partial charge in [-0.1, -0.05) is 25.6 Å². The molecule has 2 aliphatic rings. The molecule has 6 heteroatoms. The Balaban J connectivity index is 2.06. The number of fused-ring (bicyclic) bond motifs is 1. The third-order valence-corrected chi connectivity index (χ3v) is 4.14. The summed E-state index contributed by atoms with van der Waals surface area (Å²) in [5.41, 5.74) is -0.278. The molecule has 0 aromatic heterocycles. The van der Waals surface area contributed by atoms with Gasteiger partial charge in [-0.2, -0.15) is 0 Å². The fourth-order valence-corrected chi connectivity index (χ4v) is 3.52. The van der Waals surface area contributed by atoms with Crippen molar-refractivity contribution in [1.82, 2.24) is 0 Å². The van der Waals surface area contributed by atoms with Crippen LogP contribution in [0.25, 0.3) is 0 Å². The first kappa shape index (κ1) is 13.3. The van der Waals surface area contributed by atoms with Crippen molar-refractivity contribution in [2.45, 2.75) is 50.1 Å². The van der Waals surface area contributed by atoms with Crippen molar-refractivity contribution >= 4 is 16.8 Å². The Labute approximate surface area is 105 Å². The molecule has 0 unspecified atom stereocenters. The zero-order valence-corrected chi connectivity index (χ0v) is 10.8. The molecule has 0 radical (unpaired) electrons. The number of thioether (sulfide) groups is 1. The molecule has 2 rings (SSSR count). The summed E-state index contributed by atoms with van der Waals surface area (Å²) in [5, 5.41) is 29.7. The number of nitrogens with zero attached hydrogens (tertiary/aromatic N) is 1. The van der Waals surface area contributed by atoms with Crippen LogP contribution in [0.3, 0.4) is 0 Å². The quantitative estimate of drug-likeness (QED) is 0.665. The van der Waals surface area contributed by atoms with Crippen molar-refractivity contribution in [3.63, 3.8) is 0 Å². The largest absolute Gasteiger partial charge is 0.394 e. The highest BCUT2D eigenvalue weighted by Crippen LogP contribution is 2.37. The maximum absolute atomic E-state index is 9.94. The molecule has 0 aromatic rings. The fraction of sp³-hybridized carbons (Fsp3) is 0.909. The molecule has 1 fully saturated rings. The van der Waals surface area contributed by atoms with Gasteiger partial charge >= 0.3 is 0 Å². The van der Waals surface area contributed by atoms with Gasteiger partial charge in [-0.25, -0.2) is 0 Å². The number of aliphatic hydroxyl groups excluding tert-OH is 3. The van der Waals surface area contributed by atoms with E-state index in [0.717, 1.165) is 11.5 Å². The topological polar surface area (TPSA) is 82.3 Å². The number of hydrogen-bond acceptors (Lipinski definition) is 6. The average molecular weight is 261 g/mol. The van der Waals surface area contributed by atoms with Crippen LogP contribution >= 0.6 is 11.8 Å². The van der Waals surface area contributed by atoms with Crippen molar-refractivity contribution in [2.24, 2.45) is 10.9 Å². The molecule has 0 amide bonds. The van der Waals surface area contributed by atoms with Crippen LogP contribution < -0.4 is 0 Å². The highest BCUT2D eigenvalue weighted by molar-refractivity contribution is 8.14. The van der Waals surface area contributed by atoms with Crippen LogP contribution in [0, 0.1) is 5.92 Å². The molecule has 0 spiro atoms. The van der Waals surface area contributed by atoms with E-state index in [9.17, 15) is 10.2 Å². The van der Waals surface area contributed by atoms with Crippen LogP contribution in [-0.4, -0.2) is 56.8 Å². The van der Waals surface area contributed by atoms with Crippen molar-refractivity contribution in [2.75, 3.05) is 6.61 Å². The summed E-state index contributed by atoms with van der Waals surface area (Å²) < 4.78 is 5.54. The van der Waals surface area contributed by atoms with E-state index in [1.807, 2.05) is 0 Å². The fourth-order valence-electron chi connectivity index (χ4n) is 2.08. The molecule has 2 heterocycles. The maximum atomic E-state index is 9.94. The molecule has 0 bridgehead atoms. The Morgan fingerprint density at radius 3 is 2.65 bits per heavy atom. The molecule has 5 nitrogen and oxygen atoms in total. The van der Waals surface area contributed by atoms with Crippen LogP contribution in [0.1, 0.15) is 20.3 Å². The number of aliphatic imine (C=N–C) groups is 1. The zero-order valence-electron chi connectivity index (χ0n) is 9.98. The first-order valence-electron chi connectivity index (χ1n) is 5.88. The Bertz CT molecular complexity index is 310. The van der Waals surface area contributed by atoms with Gasteiger partial charge in [0.05, 0.1) is 11.7 Å². The lowest BCUT2D eigenvalue weighted by Crippen LogP contribution is -2.55. The van der Waals surface area contributed by atoms with Crippen molar-refractivity contribution in [3.05, 3.63) is 0 Å². The molecule has 1 saturated heterocycles. The molecule has 0 aromatic carbocycles. The minimum atomic E-state index is -1.07. The van der Waals surface area contributed by atoms with Crippen LogP contribution in [-0.2, 0) is 4.74 Å². The Morgan fingerprint density at radius 2 is 2.06 bits per heavy atom. The van der Waals surface area contributed by atoms with E-state index in [-0.39, 0.29) is 12.0 Å². The first-order chi connectivity index (χ1) is 8.02. The predicted molar refractivity (Wildman–Crippen MR) is 66.0 cm³/mol. The summed E-state index contributed by atoms with van der Waals surface area (Å²) in [5.74, 6) is 0.497. The highest BCUT2D eigenvalue weighted by Gasteiger charge is 2.47. The van der Waals surface area contributed by atoms with Gasteiger partial charge in [-0.3, -0.25) is 4.99 Å². The molecule has 0 aliphatic carbocycles. The third-order valence-electron chi connectivity index (χ3n) is 2.98. The van der Waals surface area contributed by atoms with E-state index in [1.165, 1.54) is 11.8 Å². The highest BCUT2D eigenvalue weighted by atomic mass is 32.2. The van der Waals surface area contributed by atoms with E-state index in [1.54, 1.807) is 0 Å². The molecule has 17 heavy (non-hydrogen) atoms. The average Bonchev–Trinajstić information content (AvgIpc) is 2.65. The lowest BCUT2D eigenvalue weighted by molar-refractivity contribution is -0.164. The summed E-state index contributed by atoms with van der Waals surface area (Å²) in [6.07, 6.45) is -1.88. The zero-order chi connectivity index (χ0) is 12.6. The lowest BCUT2D eigenvalue weighted by Gasteiger charge is -2.37. The van der Waals surface area contributed by atoms with Crippen molar-refractivity contribution in [1.29, 1.82) is 0 Å². The number of aliphatic hydroxyl groups is 3. The van der Waals surface area contributed by atoms with Crippen LogP contribution in [0.5, 0.6) is 0 Å². The number of hydrogen-bond donors (Lipinski definition) is 3. The maximum Gasteiger partial charge on any atom is 0.134 e. The summed E-state index contributed by atoms with van der Waals surface area (Å²) in [4.78, 5) is 4.41. The molecular weight excluding hydrogens is 242 g/mol. The molecule has 5 atom stereocenters. The van der Waals surface area contributed by atoms with Crippen molar-refractivity contribution in [3.8, 4) is 0 Å². The monoisotopic (exact) mass is 261 g/mol. The van der Waals surface area contributed by atoms with Gasteiger partial charge in [0.1, 0.15) is 29.8 Å². The predicted octanol–water partition coefficient (Wildman–Crippen LogP) is -0.0146. The van der Waals surface area contributed by atoms with E-state index in [4.69, 9.17) is 9.84 Å².